The number of nitrogens with one attached hydrogen (secondary N) is 4. The first kappa shape index (κ1) is 36.0. The predicted molar refractivity (Wildman–Crippen MR) is 190 cm³/mol. The summed E-state index contributed by atoms with van der Waals surface area (Å²) in [7, 11) is 0. The zero-order valence-electron chi connectivity index (χ0n) is 28.8. The SMILES string of the molecule is Cc1ncsc1-c1ccc([C@H](C)NC(=O)[C@@H]2C[C@@H](O)CN2C(=O)[C@@H](NC(=O)CNC(=O)c2ccc(N3CCNCC3)cc2)C(C)(C)C)cc1. The average molecular weight is 690 g/mol. The lowest BCUT2D eigenvalue weighted by molar-refractivity contribution is -0.144. The summed E-state index contributed by atoms with van der Waals surface area (Å²) in [6.45, 7) is 12.5. The van der Waals surface area contributed by atoms with Crippen LogP contribution in [-0.4, -0.2) is 96.1 Å². The van der Waals surface area contributed by atoms with E-state index in [0.29, 0.717) is 5.56 Å². The Kier molecular flexibility index (Phi) is 11.4. The summed E-state index contributed by atoms with van der Waals surface area (Å²) in [6.07, 6.45) is -0.798. The number of carbonyl (C=O) groups is 4. The molecule has 5 N–H and O–H groups in total. The van der Waals surface area contributed by atoms with Crippen LogP contribution in [0.4, 0.5) is 5.69 Å². The molecule has 5 rings (SSSR count). The van der Waals surface area contributed by atoms with Gasteiger partial charge in [-0.15, -0.1) is 11.3 Å². The average Bonchev–Trinajstić information content (AvgIpc) is 3.71. The molecule has 3 aromatic rings. The van der Waals surface area contributed by atoms with Crippen LogP contribution in [0.15, 0.2) is 54.0 Å². The first-order valence-electron chi connectivity index (χ1n) is 16.7. The van der Waals surface area contributed by atoms with E-state index in [4.69, 9.17) is 0 Å². The molecule has 4 atom stereocenters. The fourth-order valence-electron chi connectivity index (χ4n) is 6.24. The maximum absolute atomic E-state index is 14.0. The molecule has 2 saturated heterocycles. The number of aromatic nitrogens is 1. The van der Waals surface area contributed by atoms with Gasteiger partial charge >= 0.3 is 0 Å². The smallest absolute Gasteiger partial charge is 0.251 e. The first-order chi connectivity index (χ1) is 23.3. The van der Waals surface area contributed by atoms with Crippen LogP contribution in [0.1, 0.15) is 61.8 Å². The molecule has 0 saturated carbocycles. The Balaban J connectivity index is 1.18. The van der Waals surface area contributed by atoms with Gasteiger partial charge in [0.1, 0.15) is 12.1 Å². The van der Waals surface area contributed by atoms with E-state index in [1.807, 2.05) is 76.5 Å². The van der Waals surface area contributed by atoms with E-state index < -0.39 is 41.3 Å². The van der Waals surface area contributed by atoms with E-state index in [2.05, 4.69) is 31.2 Å². The van der Waals surface area contributed by atoms with Crippen molar-refractivity contribution in [3.05, 3.63) is 70.9 Å². The van der Waals surface area contributed by atoms with Crippen LogP contribution in [0.5, 0.6) is 0 Å². The van der Waals surface area contributed by atoms with E-state index in [-0.39, 0.29) is 31.5 Å². The van der Waals surface area contributed by atoms with Crippen LogP contribution in [-0.2, 0) is 14.4 Å². The summed E-state index contributed by atoms with van der Waals surface area (Å²) in [5, 5.41) is 22.3. The van der Waals surface area contributed by atoms with E-state index in [1.165, 1.54) is 4.90 Å². The Morgan fingerprint density at radius 1 is 1.02 bits per heavy atom. The summed E-state index contributed by atoms with van der Waals surface area (Å²) >= 11 is 1.57. The van der Waals surface area contributed by atoms with Crippen molar-refractivity contribution < 1.29 is 24.3 Å². The number of hydrogen-bond acceptors (Lipinski definition) is 9. The van der Waals surface area contributed by atoms with Crippen molar-refractivity contribution in [2.45, 2.75) is 65.3 Å². The van der Waals surface area contributed by atoms with E-state index in [0.717, 1.165) is 53.6 Å². The molecule has 0 bridgehead atoms. The van der Waals surface area contributed by atoms with Gasteiger partial charge in [-0.25, -0.2) is 4.98 Å². The van der Waals surface area contributed by atoms with Crippen LogP contribution < -0.4 is 26.2 Å². The molecule has 2 fully saturated rings. The number of anilines is 1. The lowest BCUT2D eigenvalue weighted by Gasteiger charge is -2.35. The Morgan fingerprint density at radius 3 is 2.31 bits per heavy atom. The monoisotopic (exact) mass is 689 g/mol. The van der Waals surface area contributed by atoms with Gasteiger partial charge in [0.05, 0.1) is 34.8 Å². The molecular weight excluding hydrogens is 643 g/mol. The summed E-state index contributed by atoms with van der Waals surface area (Å²) in [6, 6.07) is 12.9. The van der Waals surface area contributed by atoms with Crippen LogP contribution in [0.2, 0.25) is 0 Å². The van der Waals surface area contributed by atoms with E-state index in [1.54, 1.807) is 23.5 Å². The number of amides is 4. The molecule has 0 radical (unpaired) electrons. The van der Waals surface area contributed by atoms with Crippen molar-refractivity contribution in [1.29, 1.82) is 0 Å². The number of piperazine rings is 1. The second-order valence-corrected chi connectivity index (χ2v) is 14.7. The highest BCUT2D eigenvalue weighted by Gasteiger charge is 2.44. The van der Waals surface area contributed by atoms with Crippen molar-refractivity contribution in [3.63, 3.8) is 0 Å². The van der Waals surface area contributed by atoms with Gasteiger partial charge in [-0.05, 0) is 54.7 Å². The number of aliphatic hydroxyl groups is 1. The number of carbonyl (C=O) groups excluding carboxylic acids is 4. The minimum atomic E-state index is -1.00. The number of likely N-dealkylation sites (tertiary alicyclic amines) is 1. The minimum Gasteiger partial charge on any atom is -0.391 e. The Bertz CT molecular complexity index is 1630. The van der Waals surface area contributed by atoms with Gasteiger partial charge in [0.15, 0.2) is 0 Å². The Morgan fingerprint density at radius 2 is 1.69 bits per heavy atom. The van der Waals surface area contributed by atoms with Crippen molar-refractivity contribution in [2.24, 2.45) is 5.41 Å². The van der Waals surface area contributed by atoms with Gasteiger partial charge in [0.2, 0.25) is 17.7 Å². The summed E-state index contributed by atoms with van der Waals surface area (Å²) in [4.78, 5) is 62.4. The highest BCUT2D eigenvalue weighted by molar-refractivity contribution is 7.13. The van der Waals surface area contributed by atoms with Crippen LogP contribution in [0.3, 0.4) is 0 Å². The van der Waals surface area contributed by atoms with Crippen LogP contribution in [0, 0.1) is 12.3 Å². The number of β-amino-alcohol motifs (C(OH)–C–C–N with tert-alkyl or cyclic N) is 1. The van der Waals surface area contributed by atoms with Crippen molar-refractivity contribution in [2.75, 3.05) is 44.2 Å². The molecule has 2 aliphatic rings. The van der Waals surface area contributed by atoms with Gasteiger partial charge in [0.25, 0.3) is 5.91 Å². The maximum Gasteiger partial charge on any atom is 0.251 e. The molecule has 4 amide bonds. The maximum atomic E-state index is 14.0. The minimum absolute atomic E-state index is 0.0304. The van der Waals surface area contributed by atoms with Crippen LogP contribution >= 0.6 is 11.3 Å². The second kappa shape index (κ2) is 15.5. The summed E-state index contributed by atoms with van der Waals surface area (Å²) in [5.74, 6) is -1.79. The normalized spacial score (nSPS) is 19.2. The zero-order chi connectivity index (χ0) is 35.3. The molecule has 3 heterocycles. The van der Waals surface area contributed by atoms with Crippen LogP contribution in [0.25, 0.3) is 10.4 Å². The molecule has 49 heavy (non-hydrogen) atoms. The Labute approximate surface area is 291 Å². The molecule has 0 unspecified atom stereocenters. The molecule has 2 aromatic carbocycles. The van der Waals surface area contributed by atoms with Gasteiger partial charge in [-0.3, -0.25) is 19.2 Å². The summed E-state index contributed by atoms with van der Waals surface area (Å²) in [5.41, 5.74) is 5.46. The van der Waals surface area contributed by atoms with E-state index in [9.17, 15) is 24.3 Å². The second-order valence-electron chi connectivity index (χ2n) is 13.8. The molecular formula is C36H47N7O5S. The molecule has 2 aliphatic heterocycles. The number of aryl methyl sites for hydroxylation is 1. The van der Waals surface area contributed by atoms with Crippen molar-refractivity contribution in [1.82, 2.24) is 31.2 Å². The van der Waals surface area contributed by atoms with Gasteiger partial charge in [0, 0.05) is 50.4 Å². The molecule has 0 spiro atoms. The molecule has 0 aliphatic carbocycles. The topological polar surface area (TPSA) is 156 Å². The van der Waals surface area contributed by atoms with Gasteiger partial charge < -0.3 is 36.2 Å². The van der Waals surface area contributed by atoms with Crippen molar-refractivity contribution >= 4 is 40.7 Å². The fraction of sp³-hybridized carbons (Fsp3) is 0.472. The first-order valence-corrected chi connectivity index (χ1v) is 17.6. The zero-order valence-corrected chi connectivity index (χ0v) is 29.6. The van der Waals surface area contributed by atoms with E-state index >= 15 is 0 Å². The third-order valence-electron chi connectivity index (χ3n) is 9.08. The standard InChI is InChI=1S/C36H47N7O5S/c1-22(24-6-8-25(9-7-24)31-23(2)39-21-49-31)40-34(47)29-18-28(44)20-43(29)35(48)32(36(3,4)5)41-30(45)19-38-33(46)26-10-12-27(13-11-26)42-16-14-37-15-17-42/h6-13,21-22,28-29,32,37,44H,14-20H2,1-5H3,(H,38,46)(H,40,47)(H,41,45)/t22-,28+,29-,32+/m0/s1. The summed E-state index contributed by atoms with van der Waals surface area (Å²) < 4.78 is 0. The molecule has 262 valence electrons. The lowest BCUT2D eigenvalue weighted by Crippen LogP contribution is -2.58. The Hall–Kier alpha value is -4.33. The quantitative estimate of drug-likeness (QED) is 0.218. The predicted octanol–water partition coefficient (Wildman–Crippen LogP) is 2.63. The lowest BCUT2D eigenvalue weighted by atomic mass is 9.85. The number of rotatable bonds is 10. The number of aliphatic hydroxyl groups excluding tert-OH is 1. The number of benzene rings is 2. The molecule has 13 heteroatoms. The highest BCUT2D eigenvalue weighted by atomic mass is 32.1. The van der Waals surface area contributed by atoms with Gasteiger partial charge in [-0.1, -0.05) is 45.0 Å². The number of hydrogen-bond donors (Lipinski definition) is 5. The fourth-order valence-corrected chi connectivity index (χ4v) is 7.05. The molecule has 1 aromatic heterocycles. The van der Waals surface area contributed by atoms with Gasteiger partial charge in [-0.2, -0.15) is 0 Å². The molecule has 12 nitrogen and oxygen atoms in total. The third kappa shape index (κ3) is 8.83. The number of nitrogens with zero attached hydrogens (tertiary/aromatic N) is 3. The highest BCUT2D eigenvalue weighted by Crippen LogP contribution is 2.29. The van der Waals surface area contributed by atoms with Crippen molar-refractivity contribution in [3.8, 4) is 10.4 Å². The number of thiazole rings is 1. The third-order valence-corrected chi connectivity index (χ3v) is 10.1. The largest absolute Gasteiger partial charge is 0.391 e.